The maximum Gasteiger partial charge on any atom is 0.323 e. The maximum atomic E-state index is 12.4. The van der Waals surface area contributed by atoms with E-state index in [4.69, 9.17) is 5.11 Å². The molecule has 0 aromatic heterocycles. The van der Waals surface area contributed by atoms with Crippen LogP contribution in [0, 0.1) is 11.8 Å². The second kappa shape index (κ2) is 8.95. The quantitative estimate of drug-likeness (QED) is 0.691. The summed E-state index contributed by atoms with van der Waals surface area (Å²) in [5.41, 5.74) is 0. The summed E-state index contributed by atoms with van der Waals surface area (Å²) >= 11 is 0. The van der Waals surface area contributed by atoms with Gasteiger partial charge in [0.05, 0.1) is 0 Å². The van der Waals surface area contributed by atoms with Gasteiger partial charge in [-0.25, -0.2) is 0 Å². The number of rotatable bonds is 9. The Labute approximate surface area is 110 Å². The number of carbonyl (C=O) groups excluding carboxylic acids is 1. The van der Waals surface area contributed by atoms with E-state index in [-0.39, 0.29) is 24.3 Å². The van der Waals surface area contributed by atoms with Crippen LogP contribution >= 0.6 is 0 Å². The van der Waals surface area contributed by atoms with Crippen LogP contribution in [0.5, 0.6) is 0 Å². The fourth-order valence-corrected chi connectivity index (χ4v) is 2.18. The number of carboxylic acid groups (broad SMARTS) is 1. The van der Waals surface area contributed by atoms with Crippen LogP contribution in [-0.4, -0.2) is 35.0 Å². The molecule has 106 valence electrons. The van der Waals surface area contributed by atoms with Gasteiger partial charge in [-0.05, 0) is 18.8 Å². The summed E-state index contributed by atoms with van der Waals surface area (Å²) < 4.78 is 0. The smallest absolute Gasteiger partial charge is 0.323 e. The molecule has 0 heterocycles. The average Bonchev–Trinajstić information content (AvgIpc) is 2.25. The summed E-state index contributed by atoms with van der Waals surface area (Å²) in [5.74, 6) is -0.652. The number of aliphatic carboxylic acids is 1. The third-order valence-corrected chi connectivity index (χ3v) is 2.85. The van der Waals surface area contributed by atoms with Gasteiger partial charge in [-0.15, -0.1) is 0 Å². The highest BCUT2D eigenvalue weighted by Crippen LogP contribution is 2.17. The molecule has 0 aromatic carbocycles. The van der Waals surface area contributed by atoms with Crippen molar-refractivity contribution in [1.82, 2.24) is 4.90 Å². The van der Waals surface area contributed by atoms with Crippen molar-refractivity contribution in [3.63, 3.8) is 0 Å². The summed E-state index contributed by atoms with van der Waals surface area (Å²) in [6.07, 6.45) is 3.61. The predicted octanol–water partition coefficient (Wildman–Crippen LogP) is 2.77. The van der Waals surface area contributed by atoms with Crippen LogP contribution < -0.4 is 0 Å². The number of carbonyl (C=O) groups is 2. The first-order chi connectivity index (χ1) is 8.42. The Morgan fingerprint density at radius 1 is 1.11 bits per heavy atom. The zero-order valence-electron chi connectivity index (χ0n) is 12.1. The van der Waals surface area contributed by atoms with E-state index in [0.717, 1.165) is 25.7 Å². The summed E-state index contributed by atoms with van der Waals surface area (Å²) in [5, 5.41) is 8.89. The van der Waals surface area contributed by atoms with E-state index in [0.29, 0.717) is 6.54 Å². The van der Waals surface area contributed by atoms with Crippen LogP contribution in [-0.2, 0) is 9.59 Å². The first-order valence-corrected chi connectivity index (χ1v) is 6.92. The molecule has 0 bridgehead atoms. The highest BCUT2D eigenvalue weighted by atomic mass is 16.4. The van der Waals surface area contributed by atoms with Gasteiger partial charge in [-0.1, -0.05) is 40.5 Å². The highest BCUT2D eigenvalue weighted by Gasteiger charge is 2.24. The summed E-state index contributed by atoms with van der Waals surface area (Å²) in [7, 11) is 0. The molecule has 4 heteroatoms. The lowest BCUT2D eigenvalue weighted by molar-refractivity contribution is -0.147. The Morgan fingerprint density at radius 2 is 1.61 bits per heavy atom. The van der Waals surface area contributed by atoms with Gasteiger partial charge in [0.25, 0.3) is 0 Å². The van der Waals surface area contributed by atoms with Gasteiger partial charge in [0.1, 0.15) is 6.54 Å². The monoisotopic (exact) mass is 257 g/mol. The largest absolute Gasteiger partial charge is 0.480 e. The van der Waals surface area contributed by atoms with Crippen LogP contribution in [0.1, 0.15) is 53.4 Å². The highest BCUT2D eigenvalue weighted by molar-refractivity contribution is 5.83. The Balaban J connectivity index is 4.71. The Bertz CT molecular complexity index is 258. The van der Waals surface area contributed by atoms with E-state index in [1.807, 2.05) is 13.8 Å². The molecule has 0 atom stereocenters. The number of hydrogen-bond donors (Lipinski definition) is 1. The predicted molar refractivity (Wildman–Crippen MR) is 72.4 cm³/mol. The minimum atomic E-state index is -0.934. The van der Waals surface area contributed by atoms with Gasteiger partial charge >= 0.3 is 5.97 Å². The van der Waals surface area contributed by atoms with Crippen LogP contribution in [0.3, 0.4) is 0 Å². The molecule has 0 saturated carbocycles. The molecule has 0 fully saturated rings. The molecule has 0 radical (unpaired) electrons. The molecule has 0 spiro atoms. The van der Waals surface area contributed by atoms with E-state index < -0.39 is 5.97 Å². The van der Waals surface area contributed by atoms with Gasteiger partial charge in [-0.3, -0.25) is 9.59 Å². The molecule has 0 unspecified atom stereocenters. The van der Waals surface area contributed by atoms with Crippen molar-refractivity contribution in [3.05, 3.63) is 0 Å². The number of hydrogen-bond acceptors (Lipinski definition) is 2. The molecule has 18 heavy (non-hydrogen) atoms. The second-order valence-electron chi connectivity index (χ2n) is 5.28. The molecular formula is C14H27NO3. The van der Waals surface area contributed by atoms with Gasteiger partial charge in [0.2, 0.25) is 5.91 Å². The molecule has 1 amide bonds. The number of amides is 1. The molecule has 4 nitrogen and oxygen atoms in total. The zero-order chi connectivity index (χ0) is 14.1. The summed E-state index contributed by atoms with van der Waals surface area (Å²) in [4.78, 5) is 24.7. The molecular weight excluding hydrogens is 230 g/mol. The fraction of sp³-hybridized carbons (Fsp3) is 0.857. The average molecular weight is 257 g/mol. The van der Waals surface area contributed by atoms with Gasteiger partial charge in [0, 0.05) is 12.5 Å². The van der Waals surface area contributed by atoms with Crippen molar-refractivity contribution < 1.29 is 14.7 Å². The van der Waals surface area contributed by atoms with Crippen LogP contribution in [0.15, 0.2) is 0 Å². The van der Waals surface area contributed by atoms with Crippen molar-refractivity contribution in [1.29, 1.82) is 0 Å². The molecule has 0 aliphatic heterocycles. The Morgan fingerprint density at radius 3 is 1.94 bits per heavy atom. The first kappa shape index (κ1) is 16.9. The number of nitrogens with zero attached hydrogens (tertiary/aromatic N) is 1. The molecule has 0 rings (SSSR count). The van der Waals surface area contributed by atoms with Crippen molar-refractivity contribution in [2.45, 2.75) is 53.4 Å². The van der Waals surface area contributed by atoms with Gasteiger partial charge in [0.15, 0.2) is 0 Å². The van der Waals surface area contributed by atoms with Crippen molar-refractivity contribution in [2.24, 2.45) is 11.8 Å². The van der Waals surface area contributed by atoms with E-state index in [1.54, 1.807) is 0 Å². The van der Waals surface area contributed by atoms with E-state index in [1.165, 1.54) is 4.90 Å². The molecule has 0 saturated heterocycles. The van der Waals surface area contributed by atoms with Gasteiger partial charge < -0.3 is 10.0 Å². The van der Waals surface area contributed by atoms with Crippen molar-refractivity contribution in [2.75, 3.05) is 13.1 Å². The second-order valence-corrected chi connectivity index (χ2v) is 5.28. The van der Waals surface area contributed by atoms with E-state index in [9.17, 15) is 9.59 Å². The summed E-state index contributed by atoms with van der Waals surface area (Å²) in [6, 6.07) is 0. The van der Waals surface area contributed by atoms with Crippen LogP contribution in [0.4, 0.5) is 0 Å². The standard InChI is InChI=1S/C14H27NO3/c1-5-7-12(8-6-2)14(18)15(9-11(3)4)10-13(16)17/h11-12H,5-10H2,1-4H3,(H,16,17). The first-order valence-electron chi connectivity index (χ1n) is 6.92. The van der Waals surface area contributed by atoms with Gasteiger partial charge in [-0.2, -0.15) is 0 Å². The molecule has 0 aromatic rings. The molecule has 0 aliphatic rings. The van der Waals surface area contributed by atoms with E-state index >= 15 is 0 Å². The normalized spacial score (nSPS) is 11.0. The molecule has 0 aliphatic carbocycles. The third-order valence-electron chi connectivity index (χ3n) is 2.85. The minimum Gasteiger partial charge on any atom is -0.480 e. The third kappa shape index (κ3) is 6.62. The van der Waals surface area contributed by atoms with Crippen molar-refractivity contribution in [3.8, 4) is 0 Å². The van der Waals surface area contributed by atoms with Crippen molar-refractivity contribution >= 4 is 11.9 Å². The SMILES string of the molecule is CCCC(CCC)C(=O)N(CC(=O)O)CC(C)C. The lowest BCUT2D eigenvalue weighted by Crippen LogP contribution is -2.41. The summed E-state index contributed by atoms with van der Waals surface area (Å²) in [6.45, 7) is 8.45. The van der Waals surface area contributed by atoms with Crippen LogP contribution in [0.2, 0.25) is 0 Å². The topological polar surface area (TPSA) is 57.6 Å². The fourth-order valence-electron chi connectivity index (χ4n) is 2.18. The maximum absolute atomic E-state index is 12.4. The molecule has 1 N–H and O–H groups in total. The lowest BCUT2D eigenvalue weighted by atomic mass is 9.96. The minimum absolute atomic E-state index is 0.00907. The number of carboxylic acids is 1. The zero-order valence-corrected chi connectivity index (χ0v) is 12.1. The van der Waals surface area contributed by atoms with E-state index in [2.05, 4.69) is 13.8 Å². The lowest BCUT2D eigenvalue weighted by Gasteiger charge is -2.27. The van der Waals surface area contributed by atoms with Crippen LogP contribution in [0.25, 0.3) is 0 Å². The Hall–Kier alpha value is -1.06. The Kier molecular flexibility index (Phi) is 8.42.